The largest absolute Gasteiger partial charge is 0.292 e. The van der Waals surface area contributed by atoms with Gasteiger partial charge in [-0.3, -0.25) is 10.2 Å². The lowest BCUT2D eigenvalue weighted by Crippen LogP contribution is -2.40. The lowest BCUT2D eigenvalue weighted by Gasteiger charge is -2.20. The number of hydrazine groups is 1. The van der Waals surface area contributed by atoms with Crippen molar-refractivity contribution in [3.8, 4) is 0 Å². The molecule has 96 valence electrons. The zero-order valence-corrected chi connectivity index (χ0v) is 10.9. The predicted octanol–water partition coefficient (Wildman–Crippen LogP) is 0.590. The normalized spacial score (nSPS) is 12.8. The van der Waals surface area contributed by atoms with Crippen LogP contribution in [0.25, 0.3) is 0 Å². The minimum absolute atomic E-state index is 0.107. The molecular formula is C11H21N5O. The first kappa shape index (κ1) is 13.6. The van der Waals surface area contributed by atoms with Crippen molar-refractivity contribution >= 4 is 5.91 Å². The number of nitrogens with two attached hydrogens (primary N) is 1. The average Bonchev–Trinajstić information content (AvgIpc) is 2.71. The van der Waals surface area contributed by atoms with Crippen molar-refractivity contribution in [1.29, 1.82) is 0 Å². The van der Waals surface area contributed by atoms with E-state index in [0.717, 1.165) is 24.5 Å². The van der Waals surface area contributed by atoms with Crippen LogP contribution in [0, 0.1) is 5.92 Å². The second kappa shape index (κ2) is 5.77. The summed E-state index contributed by atoms with van der Waals surface area (Å²) in [6, 6.07) is -0.400. The van der Waals surface area contributed by atoms with E-state index in [2.05, 4.69) is 15.5 Å². The molecule has 6 nitrogen and oxygen atoms in total. The van der Waals surface area contributed by atoms with Gasteiger partial charge in [0.05, 0.1) is 0 Å². The number of aromatic nitrogens is 3. The van der Waals surface area contributed by atoms with Gasteiger partial charge in [0.15, 0.2) is 5.82 Å². The topological polar surface area (TPSA) is 85.8 Å². The summed E-state index contributed by atoms with van der Waals surface area (Å²) in [7, 11) is 0. The molecule has 17 heavy (non-hydrogen) atoms. The first-order chi connectivity index (χ1) is 8.04. The number of nitrogens with one attached hydrogen (secondary N) is 1. The lowest BCUT2D eigenvalue weighted by atomic mass is 10.0. The molecule has 1 rings (SSSR count). The van der Waals surface area contributed by atoms with Gasteiger partial charge in [-0.25, -0.2) is 15.5 Å². The fourth-order valence-electron chi connectivity index (χ4n) is 1.80. The highest BCUT2D eigenvalue weighted by molar-refractivity contribution is 5.79. The molecule has 0 aliphatic heterocycles. The molecule has 0 aliphatic rings. The van der Waals surface area contributed by atoms with Crippen LogP contribution >= 0.6 is 0 Å². The van der Waals surface area contributed by atoms with Crippen molar-refractivity contribution in [3.05, 3.63) is 11.6 Å². The molecule has 0 aromatic carbocycles. The summed E-state index contributed by atoms with van der Waals surface area (Å²) < 4.78 is 1.70. The number of aryl methyl sites for hydroxylation is 2. The molecule has 0 saturated carbocycles. The van der Waals surface area contributed by atoms with E-state index in [-0.39, 0.29) is 11.8 Å². The van der Waals surface area contributed by atoms with E-state index < -0.39 is 6.04 Å². The molecule has 0 fully saturated rings. The van der Waals surface area contributed by atoms with Crippen LogP contribution in [-0.2, 0) is 17.6 Å². The maximum absolute atomic E-state index is 11.8. The quantitative estimate of drug-likeness (QED) is 0.447. The van der Waals surface area contributed by atoms with E-state index in [9.17, 15) is 4.79 Å². The number of carbonyl (C=O) groups is 1. The Hall–Kier alpha value is -1.43. The zero-order chi connectivity index (χ0) is 13.0. The van der Waals surface area contributed by atoms with Gasteiger partial charge < -0.3 is 0 Å². The first-order valence-corrected chi connectivity index (χ1v) is 5.99. The summed E-state index contributed by atoms with van der Waals surface area (Å²) in [4.78, 5) is 16.2. The summed E-state index contributed by atoms with van der Waals surface area (Å²) in [5.41, 5.74) is 2.20. The molecule has 3 N–H and O–H groups in total. The van der Waals surface area contributed by atoms with E-state index >= 15 is 0 Å². The van der Waals surface area contributed by atoms with Crippen LogP contribution in [0.3, 0.4) is 0 Å². The maximum Gasteiger partial charge on any atom is 0.259 e. The summed E-state index contributed by atoms with van der Waals surface area (Å²) >= 11 is 0. The van der Waals surface area contributed by atoms with Crippen molar-refractivity contribution in [2.45, 2.75) is 46.6 Å². The Bertz CT molecular complexity index is 385. The van der Waals surface area contributed by atoms with Crippen LogP contribution in [0.4, 0.5) is 0 Å². The summed E-state index contributed by atoms with van der Waals surface area (Å²) in [5.74, 6) is 6.68. The molecule has 0 saturated heterocycles. The maximum atomic E-state index is 11.8. The molecule has 1 atom stereocenters. The van der Waals surface area contributed by atoms with Gasteiger partial charge in [0, 0.05) is 12.8 Å². The molecule has 6 heteroatoms. The van der Waals surface area contributed by atoms with Crippen molar-refractivity contribution in [2.75, 3.05) is 0 Å². The monoisotopic (exact) mass is 239 g/mol. The number of nitrogens with zero attached hydrogens (tertiary/aromatic N) is 3. The molecule has 1 amide bonds. The van der Waals surface area contributed by atoms with E-state index in [1.807, 2.05) is 27.7 Å². The lowest BCUT2D eigenvalue weighted by molar-refractivity contribution is -0.126. The third-order valence-electron chi connectivity index (χ3n) is 2.68. The van der Waals surface area contributed by atoms with Crippen LogP contribution in [0.15, 0.2) is 0 Å². The van der Waals surface area contributed by atoms with Crippen molar-refractivity contribution in [1.82, 2.24) is 20.2 Å². The van der Waals surface area contributed by atoms with Gasteiger partial charge in [-0.05, 0) is 5.92 Å². The van der Waals surface area contributed by atoms with Crippen molar-refractivity contribution < 1.29 is 4.79 Å². The zero-order valence-electron chi connectivity index (χ0n) is 10.9. The van der Waals surface area contributed by atoms with E-state index in [0.29, 0.717) is 0 Å². The van der Waals surface area contributed by atoms with Crippen LogP contribution in [0.1, 0.15) is 45.4 Å². The van der Waals surface area contributed by atoms with E-state index in [1.165, 1.54) is 0 Å². The molecule has 1 unspecified atom stereocenters. The Labute approximate surface area is 102 Å². The fraction of sp³-hybridized carbons (Fsp3) is 0.727. The predicted molar refractivity (Wildman–Crippen MR) is 65.0 cm³/mol. The standard InChI is InChI=1S/C11H21N5O/c1-5-8-13-9(6-2)16(15-8)10(7(3)4)11(17)14-12/h7,10H,5-6,12H2,1-4H3,(H,14,17). The van der Waals surface area contributed by atoms with E-state index in [4.69, 9.17) is 5.84 Å². The summed E-state index contributed by atoms with van der Waals surface area (Å²) in [6.45, 7) is 7.92. The Balaban J connectivity index is 3.17. The Morgan fingerprint density at radius 3 is 2.47 bits per heavy atom. The highest BCUT2D eigenvalue weighted by atomic mass is 16.2. The molecular weight excluding hydrogens is 218 g/mol. The minimum Gasteiger partial charge on any atom is -0.292 e. The number of hydrogen-bond acceptors (Lipinski definition) is 4. The molecule has 1 heterocycles. The SMILES string of the molecule is CCc1nc(CC)n(C(C(=O)NN)C(C)C)n1. The first-order valence-electron chi connectivity index (χ1n) is 5.99. The van der Waals surface area contributed by atoms with Crippen LogP contribution in [-0.4, -0.2) is 20.7 Å². The Morgan fingerprint density at radius 1 is 1.41 bits per heavy atom. The highest BCUT2D eigenvalue weighted by Gasteiger charge is 2.27. The summed E-state index contributed by atoms with van der Waals surface area (Å²) in [6.07, 6.45) is 1.50. The van der Waals surface area contributed by atoms with Crippen molar-refractivity contribution in [2.24, 2.45) is 11.8 Å². The van der Waals surface area contributed by atoms with Gasteiger partial charge in [-0.2, -0.15) is 5.10 Å². The second-order valence-corrected chi connectivity index (χ2v) is 4.29. The molecule has 0 bridgehead atoms. The molecule has 1 aromatic rings. The fourth-order valence-corrected chi connectivity index (χ4v) is 1.80. The molecule has 0 aliphatic carbocycles. The second-order valence-electron chi connectivity index (χ2n) is 4.29. The van der Waals surface area contributed by atoms with Gasteiger partial charge in [0.1, 0.15) is 11.9 Å². The summed E-state index contributed by atoms with van der Waals surface area (Å²) in [5, 5.41) is 4.38. The number of rotatable bonds is 5. The van der Waals surface area contributed by atoms with Gasteiger partial charge in [-0.15, -0.1) is 0 Å². The third kappa shape index (κ3) is 2.82. The number of hydrogen-bond donors (Lipinski definition) is 2. The van der Waals surface area contributed by atoms with Crippen LogP contribution in [0.5, 0.6) is 0 Å². The molecule has 0 radical (unpaired) electrons. The van der Waals surface area contributed by atoms with Crippen LogP contribution in [0.2, 0.25) is 0 Å². The molecule has 0 spiro atoms. The van der Waals surface area contributed by atoms with Gasteiger partial charge in [-0.1, -0.05) is 27.7 Å². The third-order valence-corrected chi connectivity index (χ3v) is 2.68. The average molecular weight is 239 g/mol. The van der Waals surface area contributed by atoms with Crippen molar-refractivity contribution in [3.63, 3.8) is 0 Å². The Morgan fingerprint density at radius 2 is 2.06 bits per heavy atom. The van der Waals surface area contributed by atoms with Gasteiger partial charge in [0.2, 0.25) is 0 Å². The van der Waals surface area contributed by atoms with E-state index in [1.54, 1.807) is 4.68 Å². The van der Waals surface area contributed by atoms with Gasteiger partial charge in [0.25, 0.3) is 5.91 Å². The number of carbonyl (C=O) groups excluding carboxylic acids is 1. The number of amides is 1. The highest BCUT2D eigenvalue weighted by Crippen LogP contribution is 2.19. The Kier molecular flexibility index (Phi) is 4.62. The smallest absolute Gasteiger partial charge is 0.259 e. The van der Waals surface area contributed by atoms with Crippen LogP contribution < -0.4 is 11.3 Å². The minimum atomic E-state index is -0.400. The van der Waals surface area contributed by atoms with Gasteiger partial charge >= 0.3 is 0 Å². The molecule has 1 aromatic heterocycles.